The Hall–Kier alpha value is -4.20. The van der Waals surface area contributed by atoms with Gasteiger partial charge in [-0.2, -0.15) is 10.9 Å². The van der Waals surface area contributed by atoms with E-state index in [4.69, 9.17) is 0 Å². The summed E-state index contributed by atoms with van der Waals surface area (Å²) in [7, 11) is -0.875. The van der Waals surface area contributed by atoms with E-state index < -0.39 is 10.9 Å². The summed E-state index contributed by atoms with van der Waals surface area (Å²) < 4.78 is 4.05. The fourth-order valence-corrected chi connectivity index (χ4v) is 10.9. The normalized spacial score (nSPS) is 12.7. The first kappa shape index (κ1) is 27.4. The number of rotatable bonds is 5. The van der Waals surface area contributed by atoms with Crippen LogP contribution in [0.1, 0.15) is 0 Å². The molecule has 0 aliphatic heterocycles. The van der Waals surface area contributed by atoms with Crippen LogP contribution in [0.3, 0.4) is 0 Å². The van der Waals surface area contributed by atoms with Gasteiger partial charge in [-0.25, -0.2) is 0 Å². The molecule has 0 N–H and O–H groups in total. The Morgan fingerprint density at radius 3 is 1.55 bits per heavy atom. The van der Waals surface area contributed by atoms with Crippen LogP contribution in [-0.4, -0.2) is 0 Å². The molecular weight excluding hydrogens is 617 g/mol. The van der Waals surface area contributed by atoms with Crippen molar-refractivity contribution in [1.29, 1.82) is 0 Å². The second-order valence-electron chi connectivity index (χ2n) is 10.5. The molecule has 2 nitrogen and oxygen atoms in total. The smallest absolute Gasteiger partial charge is 0.195 e. The lowest BCUT2D eigenvalue weighted by molar-refractivity contribution is 1.30. The zero-order chi connectivity index (χ0) is 29.6. The zero-order valence-corrected chi connectivity index (χ0v) is 26.6. The minimum atomic E-state index is -0.875. The molecule has 0 aliphatic carbocycles. The predicted molar refractivity (Wildman–Crippen MR) is 192 cm³/mol. The van der Waals surface area contributed by atoms with E-state index in [1.807, 2.05) is 60.7 Å². The van der Waals surface area contributed by atoms with E-state index in [0.717, 1.165) is 55.0 Å². The SMILES string of the molecule is O=c1c2ccccc2sc2ccc(Sc3ccc([SH](c4ccccc4)c4ccc5sc6ccccc6c(=O)c5c4)cc3)cc12. The Labute approximate surface area is 268 Å². The standard InChI is InChI=1S/C38H24O2S4/c39-37-29-10-4-6-12-33(29)42-35-20-16-25(22-31(35)37)41-24-14-17-27(18-15-24)44(26-8-2-1-3-9-26)28-19-21-36-32(23-28)38(40)30-11-5-7-13-34(30)43-36/h1-23,44H. The third-order valence-corrected chi connectivity index (χ3v) is 13.4. The first-order valence-corrected chi connectivity index (χ1v) is 18.0. The summed E-state index contributed by atoms with van der Waals surface area (Å²) >= 11 is 4.99. The summed E-state index contributed by atoms with van der Waals surface area (Å²) in [5, 5.41) is 3.10. The van der Waals surface area contributed by atoms with Crippen molar-refractivity contribution in [2.45, 2.75) is 24.5 Å². The number of hydrogen-bond donors (Lipinski definition) is 1. The molecule has 2 aromatic heterocycles. The largest absolute Gasteiger partial charge is 0.289 e. The summed E-state index contributed by atoms with van der Waals surface area (Å²) in [6.45, 7) is 0. The van der Waals surface area contributed by atoms with E-state index in [1.54, 1.807) is 34.4 Å². The summed E-state index contributed by atoms with van der Waals surface area (Å²) in [6.07, 6.45) is 0. The molecule has 8 aromatic rings. The molecule has 0 amide bonds. The minimum absolute atomic E-state index is 0.0890. The van der Waals surface area contributed by atoms with E-state index in [9.17, 15) is 9.59 Å². The van der Waals surface area contributed by atoms with Crippen molar-refractivity contribution in [2.24, 2.45) is 0 Å². The molecule has 44 heavy (non-hydrogen) atoms. The zero-order valence-electron chi connectivity index (χ0n) is 23.3. The first-order valence-electron chi connectivity index (χ1n) is 14.2. The molecular formula is C38H24O2S4. The van der Waals surface area contributed by atoms with E-state index in [0.29, 0.717) is 0 Å². The molecule has 0 bridgehead atoms. The molecule has 0 radical (unpaired) electrons. The van der Waals surface area contributed by atoms with Crippen molar-refractivity contribution in [2.75, 3.05) is 0 Å². The predicted octanol–water partition coefficient (Wildman–Crippen LogP) is 10.8. The molecule has 0 saturated heterocycles. The second kappa shape index (κ2) is 11.4. The molecule has 8 rings (SSSR count). The van der Waals surface area contributed by atoms with E-state index in [-0.39, 0.29) is 10.9 Å². The molecule has 2 heterocycles. The van der Waals surface area contributed by atoms with Crippen molar-refractivity contribution >= 4 is 85.7 Å². The van der Waals surface area contributed by atoms with Gasteiger partial charge < -0.3 is 0 Å². The third-order valence-electron chi connectivity index (χ3n) is 7.71. The van der Waals surface area contributed by atoms with Gasteiger partial charge in [-0.1, -0.05) is 54.2 Å². The molecule has 1 unspecified atom stereocenters. The number of fused-ring (bicyclic) bond motifs is 4. The summed E-state index contributed by atoms with van der Waals surface area (Å²) in [5.41, 5.74) is 0.183. The quantitative estimate of drug-likeness (QED) is 0.150. The Balaban J connectivity index is 1.16. The van der Waals surface area contributed by atoms with Crippen LogP contribution in [-0.2, 0) is 0 Å². The lowest BCUT2D eigenvalue weighted by Crippen LogP contribution is -2.01. The van der Waals surface area contributed by atoms with Crippen LogP contribution in [0.2, 0.25) is 0 Å². The highest BCUT2D eigenvalue weighted by molar-refractivity contribution is 8.17. The maximum absolute atomic E-state index is 13.5. The maximum atomic E-state index is 13.5. The molecule has 0 aliphatic rings. The average Bonchev–Trinajstić information content (AvgIpc) is 3.07. The van der Waals surface area contributed by atoms with E-state index in [2.05, 4.69) is 78.9 Å². The van der Waals surface area contributed by atoms with E-state index >= 15 is 0 Å². The van der Waals surface area contributed by atoms with Crippen LogP contribution < -0.4 is 10.9 Å². The van der Waals surface area contributed by atoms with Gasteiger partial charge in [0.05, 0.1) is 0 Å². The molecule has 0 spiro atoms. The van der Waals surface area contributed by atoms with Crippen LogP contribution in [0.15, 0.2) is 174 Å². The van der Waals surface area contributed by atoms with Gasteiger partial charge in [-0.15, -0.1) is 22.7 Å². The highest BCUT2D eigenvalue weighted by Gasteiger charge is 2.16. The number of hydrogen-bond acceptors (Lipinski definition) is 5. The Morgan fingerprint density at radius 1 is 0.409 bits per heavy atom. The van der Waals surface area contributed by atoms with Gasteiger partial charge in [0.25, 0.3) is 0 Å². The summed E-state index contributed by atoms with van der Waals surface area (Å²) in [5.74, 6) is 0. The van der Waals surface area contributed by atoms with Crippen LogP contribution in [0.4, 0.5) is 0 Å². The summed E-state index contributed by atoms with van der Waals surface area (Å²) in [4.78, 5) is 32.5. The monoisotopic (exact) mass is 640 g/mol. The first-order chi connectivity index (χ1) is 21.6. The van der Waals surface area contributed by atoms with Crippen LogP contribution in [0.25, 0.3) is 40.3 Å². The maximum Gasteiger partial charge on any atom is 0.195 e. The van der Waals surface area contributed by atoms with Gasteiger partial charge >= 0.3 is 0 Å². The molecule has 0 saturated carbocycles. The van der Waals surface area contributed by atoms with Gasteiger partial charge in [0.15, 0.2) is 10.9 Å². The van der Waals surface area contributed by atoms with Crippen molar-refractivity contribution in [3.63, 3.8) is 0 Å². The van der Waals surface area contributed by atoms with Gasteiger partial charge in [-0.05, 0) is 112 Å². The van der Waals surface area contributed by atoms with Gasteiger partial charge in [0, 0.05) is 50.1 Å². The van der Waals surface area contributed by atoms with Crippen LogP contribution >= 0.6 is 45.3 Å². The Bertz CT molecular complexity index is 2460. The molecule has 6 aromatic carbocycles. The topological polar surface area (TPSA) is 34.1 Å². The molecule has 0 fully saturated rings. The highest BCUT2D eigenvalue weighted by Crippen LogP contribution is 2.52. The van der Waals surface area contributed by atoms with Gasteiger partial charge in [0.2, 0.25) is 0 Å². The summed E-state index contributed by atoms with van der Waals surface area (Å²) in [6, 6.07) is 47.6. The second-order valence-corrected chi connectivity index (χ2v) is 16.0. The number of benzene rings is 6. The molecule has 212 valence electrons. The average molecular weight is 641 g/mol. The lowest BCUT2D eigenvalue weighted by Gasteiger charge is -2.24. The molecule has 1 atom stereocenters. The van der Waals surface area contributed by atoms with Crippen molar-refractivity contribution in [1.82, 2.24) is 0 Å². The molecule has 6 heteroatoms. The third kappa shape index (κ3) is 4.94. The van der Waals surface area contributed by atoms with Crippen LogP contribution in [0, 0.1) is 0 Å². The van der Waals surface area contributed by atoms with Crippen molar-refractivity contribution < 1.29 is 0 Å². The minimum Gasteiger partial charge on any atom is -0.289 e. The Morgan fingerprint density at radius 2 is 0.886 bits per heavy atom. The van der Waals surface area contributed by atoms with Crippen molar-refractivity contribution in [3.05, 3.63) is 160 Å². The van der Waals surface area contributed by atoms with E-state index in [1.165, 1.54) is 9.79 Å². The fourth-order valence-electron chi connectivity index (χ4n) is 5.60. The number of thiol groups is 1. The Kier molecular flexibility index (Phi) is 7.07. The van der Waals surface area contributed by atoms with Crippen molar-refractivity contribution in [3.8, 4) is 0 Å². The van der Waals surface area contributed by atoms with Gasteiger partial charge in [-0.3, -0.25) is 9.59 Å². The van der Waals surface area contributed by atoms with Gasteiger partial charge in [0.1, 0.15) is 0 Å². The van der Waals surface area contributed by atoms with Crippen LogP contribution in [0.5, 0.6) is 0 Å². The highest BCUT2D eigenvalue weighted by atomic mass is 32.2. The lowest BCUT2D eigenvalue weighted by atomic mass is 10.2. The fraction of sp³-hybridized carbons (Fsp3) is 0.